The summed E-state index contributed by atoms with van der Waals surface area (Å²) in [7, 11) is 1.36. The third kappa shape index (κ3) is 5.67. The van der Waals surface area contributed by atoms with Gasteiger partial charge >= 0.3 is 5.97 Å². The van der Waals surface area contributed by atoms with Crippen molar-refractivity contribution in [3.05, 3.63) is 35.9 Å². The van der Waals surface area contributed by atoms with E-state index in [1.807, 2.05) is 30.3 Å². The highest BCUT2D eigenvalue weighted by Crippen LogP contribution is 2.27. The zero-order valence-electron chi connectivity index (χ0n) is 13.8. The number of carbonyl (C=O) groups excluding carboxylic acids is 2. The number of benzene rings is 1. The molecule has 1 heterocycles. The van der Waals surface area contributed by atoms with Crippen LogP contribution in [-0.4, -0.2) is 37.2 Å². The van der Waals surface area contributed by atoms with Gasteiger partial charge in [-0.2, -0.15) is 0 Å². The summed E-state index contributed by atoms with van der Waals surface area (Å²) >= 11 is 0. The number of nitrogens with one attached hydrogen (secondary N) is 1. The monoisotopic (exact) mass is 319 g/mol. The molecule has 1 aromatic carbocycles. The summed E-state index contributed by atoms with van der Waals surface area (Å²) < 4.78 is 10.2. The molecule has 0 bridgehead atoms. The number of amides is 1. The fourth-order valence-electron chi connectivity index (χ4n) is 2.64. The van der Waals surface area contributed by atoms with Gasteiger partial charge in [0.1, 0.15) is 0 Å². The molecule has 2 rings (SSSR count). The van der Waals surface area contributed by atoms with Crippen LogP contribution in [0.1, 0.15) is 38.2 Å². The van der Waals surface area contributed by atoms with Crippen molar-refractivity contribution in [3.8, 4) is 0 Å². The SMILES string of the molecule is CCCC[C@H]1O[C@@H]1C(=O)N[C@H](CC(=O)OC)Cc1ccccc1. The molecule has 0 saturated carbocycles. The lowest BCUT2D eigenvalue weighted by Gasteiger charge is -2.17. The van der Waals surface area contributed by atoms with Gasteiger partial charge in [-0.25, -0.2) is 0 Å². The average molecular weight is 319 g/mol. The van der Waals surface area contributed by atoms with E-state index in [0.717, 1.165) is 24.8 Å². The second kappa shape index (κ2) is 8.67. The molecule has 126 valence electrons. The van der Waals surface area contributed by atoms with Crippen molar-refractivity contribution in [3.63, 3.8) is 0 Å². The Morgan fingerprint density at radius 2 is 2.04 bits per heavy atom. The molecule has 0 radical (unpaired) electrons. The van der Waals surface area contributed by atoms with Gasteiger partial charge in [0.15, 0.2) is 6.10 Å². The van der Waals surface area contributed by atoms with Crippen molar-refractivity contribution in [1.82, 2.24) is 5.32 Å². The standard InChI is InChI=1S/C18H25NO4/c1-3-4-10-15-17(23-15)18(21)19-14(12-16(20)22-2)11-13-8-6-5-7-9-13/h5-9,14-15,17H,3-4,10-12H2,1-2H3,(H,19,21)/t14-,15+,17-/m0/s1. The summed E-state index contributed by atoms with van der Waals surface area (Å²) in [6.45, 7) is 2.11. The van der Waals surface area contributed by atoms with Gasteiger partial charge in [0.25, 0.3) is 5.91 Å². The van der Waals surface area contributed by atoms with Crippen LogP contribution in [0.25, 0.3) is 0 Å². The van der Waals surface area contributed by atoms with Crippen LogP contribution in [0.4, 0.5) is 0 Å². The molecule has 1 saturated heterocycles. The summed E-state index contributed by atoms with van der Waals surface area (Å²) in [6, 6.07) is 9.50. The Morgan fingerprint density at radius 3 is 2.70 bits per heavy atom. The summed E-state index contributed by atoms with van der Waals surface area (Å²) in [4.78, 5) is 23.8. The third-order valence-corrected chi connectivity index (χ3v) is 4.00. The van der Waals surface area contributed by atoms with Crippen molar-refractivity contribution < 1.29 is 19.1 Å². The molecule has 0 aliphatic carbocycles. The largest absolute Gasteiger partial charge is 0.469 e. The first-order chi connectivity index (χ1) is 11.1. The number of carbonyl (C=O) groups is 2. The van der Waals surface area contributed by atoms with Gasteiger partial charge in [-0.15, -0.1) is 0 Å². The highest BCUT2D eigenvalue weighted by atomic mass is 16.6. The molecule has 1 aromatic rings. The Kier molecular flexibility index (Phi) is 6.59. The van der Waals surface area contributed by atoms with Crippen LogP contribution < -0.4 is 5.32 Å². The first-order valence-electron chi connectivity index (χ1n) is 8.20. The predicted octanol–water partition coefficient (Wildman–Crippen LogP) is 2.23. The quantitative estimate of drug-likeness (QED) is 0.560. The van der Waals surface area contributed by atoms with Crippen molar-refractivity contribution in [1.29, 1.82) is 0 Å². The lowest BCUT2D eigenvalue weighted by atomic mass is 10.0. The van der Waals surface area contributed by atoms with Gasteiger partial charge in [-0.1, -0.05) is 50.1 Å². The zero-order chi connectivity index (χ0) is 16.7. The van der Waals surface area contributed by atoms with Crippen LogP contribution in [0.15, 0.2) is 30.3 Å². The number of hydrogen-bond acceptors (Lipinski definition) is 4. The number of methoxy groups -OCH3 is 1. The van der Waals surface area contributed by atoms with E-state index in [2.05, 4.69) is 12.2 Å². The molecule has 1 amide bonds. The number of epoxide rings is 1. The van der Waals surface area contributed by atoms with Gasteiger partial charge in [0.05, 0.1) is 19.6 Å². The number of rotatable bonds is 9. The van der Waals surface area contributed by atoms with Crippen molar-refractivity contribution in [2.75, 3.05) is 7.11 Å². The number of ether oxygens (including phenoxy) is 2. The van der Waals surface area contributed by atoms with Crippen LogP contribution in [0.5, 0.6) is 0 Å². The fourth-order valence-corrected chi connectivity index (χ4v) is 2.64. The normalized spacial score (nSPS) is 20.6. The maximum atomic E-state index is 12.3. The van der Waals surface area contributed by atoms with Crippen LogP contribution in [0, 0.1) is 0 Å². The summed E-state index contributed by atoms with van der Waals surface area (Å²) in [6.07, 6.45) is 3.48. The maximum Gasteiger partial charge on any atom is 0.307 e. The van der Waals surface area contributed by atoms with E-state index >= 15 is 0 Å². The Bertz CT molecular complexity index is 517. The molecule has 0 spiro atoms. The van der Waals surface area contributed by atoms with E-state index in [-0.39, 0.29) is 36.5 Å². The first kappa shape index (κ1) is 17.5. The molecule has 1 fully saturated rings. The minimum absolute atomic E-state index is 0.0328. The third-order valence-electron chi connectivity index (χ3n) is 4.00. The van der Waals surface area contributed by atoms with Crippen LogP contribution in [0.2, 0.25) is 0 Å². The zero-order valence-corrected chi connectivity index (χ0v) is 13.8. The van der Waals surface area contributed by atoms with Crippen LogP contribution >= 0.6 is 0 Å². The molecule has 23 heavy (non-hydrogen) atoms. The van der Waals surface area contributed by atoms with Gasteiger partial charge in [0, 0.05) is 6.04 Å². The Morgan fingerprint density at radius 1 is 1.30 bits per heavy atom. The predicted molar refractivity (Wildman–Crippen MR) is 86.9 cm³/mol. The lowest BCUT2D eigenvalue weighted by Crippen LogP contribution is -2.41. The van der Waals surface area contributed by atoms with Crippen molar-refractivity contribution in [2.45, 2.75) is 57.3 Å². The smallest absolute Gasteiger partial charge is 0.307 e. The van der Waals surface area contributed by atoms with E-state index in [0.29, 0.717) is 6.42 Å². The van der Waals surface area contributed by atoms with E-state index < -0.39 is 0 Å². The molecule has 0 unspecified atom stereocenters. The van der Waals surface area contributed by atoms with E-state index in [1.165, 1.54) is 7.11 Å². The van der Waals surface area contributed by atoms with Gasteiger partial charge in [0.2, 0.25) is 0 Å². The molecule has 0 aromatic heterocycles. The van der Waals surface area contributed by atoms with Crippen LogP contribution in [-0.2, 0) is 25.5 Å². The Hall–Kier alpha value is -1.88. The van der Waals surface area contributed by atoms with E-state index in [1.54, 1.807) is 0 Å². The molecular formula is C18H25NO4. The molecule has 1 aliphatic heterocycles. The van der Waals surface area contributed by atoms with Crippen molar-refractivity contribution in [2.24, 2.45) is 0 Å². The molecule has 3 atom stereocenters. The highest BCUT2D eigenvalue weighted by molar-refractivity contribution is 5.84. The number of hydrogen-bond donors (Lipinski definition) is 1. The summed E-state index contributed by atoms with van der Waals surface area (Å²) in [5.41, 5.74) is 1.07. The highest BCUT2D eigenvalue weighted by Gasteiger charge is 2.44. The lowest BCUT2D eigenvalue weighted by molar-refractivity contribution is -0.141. The summed E-state index contributed by atoms with van der Waals surface area (Å²) in [5, 5.41) is 2.93. The van der Waals surface area contributed by atoms with Crippen molar-refractivity contribution >= 4 is 11.9 Å². The van der Waals surface area contributed by atoms with Crippen LogP contribution in [0.3, 0.4) is 0 Å². The second-order valence-electron chi connectivity index (χ2n) is 5.91. The maximum absolute atomic E-state index is 12.3. The summed E-state index contributed by atoms with van der Waals surface area (Å²) in [5.74, 6) is -0.457. The number of esters is 1. The molecule has 5 heteroatoms. The fraction of sp³-hybridized carbons (Fsp3) is 0.556. The first-order valence-corrected chi connectivity index (χ1v) is 8.20. The minimum Gasteiger partial charge on any atom is -0.469 e. The minimum atomic E-state index is -0.363. The number of unbranched alkanes of at least 4 members (excludes halogenated alkanes) is 1. The van der Waals surface area contributed by atoms with Gasteiger partial charge in [-0.3, -0.25) is 9.59 Å². The Labute approximate surface area is 137 Å². The molecule has 1 aliphatic rings. The van der Waals surface area contributed by atoms with E-state index in [9.17, 15) is 9.59 Å². The topological polar surface area (TPSA) is 67.9 Å². The Balaban J connectivity index is 1.89. The van der Waals surface area contributed by atoms with E-state index in [4.69, 9.17) is 9.47 Å². The van der Waals surface area contributed by atoms with Gasteiger partial charge < -0.3 is 14.8 Å². The molecule has 5 nitrogen and oxygen atoms in total. The molecular weight excluding hydrogens is 294 g/mol. The molecule has 1 N–H and O–H groups in total. The second-order valence-corrected chi connectivity index (χ2v) is 5.91. The van der Waals surface area contributed by atoms with Gasteiger partial charge in [-0.05, 0) is 18.4 Å². The average Bonchev–Trinajstić information content (AvgIpc) is 3.33.